The highest BCUT2D eigenvalue weighted by molar-refractivity contribution is 7.46. The Morgan fingerprint density at radius 2 is 2.10 bits per heavy atom. The predicted molar refractivity (Wildman–Crippen MR) is 65.2 cm³/mol. The Labute approximate surface area is 119 Å². The number of aromatic amines is 1. The minimum Gasteiger partial charge on any atom is -0.387 e. The normalized spacial score (nSPS) is 31.8. The fourth-order valence-corrected chi connectivity index (χ4v) is 1.98. The van der Waals surface area contributed by atoms with Gasteiger partial charge < -0.3 is 24.7 Å². The van der Waals surface area contributed by atoms with Gasteiger partial charge in [0, 0.05) is 12.3 Å². The summed E-state index contributed by atoms with van der Waals surface area (Å²) in [4.78, 5) is 41.9. The predicted octanol–water partition coefficient (Wildman–Crippen LogP) is -2.73. The number of nitrogens with zero attached hydrogens (tertiary/aromatic N) is 1. The van der Waals surface area contributed by atoms with Crippen molar-refractivity contribution in [3.63, 3.8) is 0 Å². The first kappa shape index (κ1) is 13.3. The Bertz CT molecular complexity index is 743. The second-order valence-corrected chi connectivity index (χ2v) is 5.31. The molecular weight excluding hydrogens is 311 g/mol. The summed E-state index contributed by atoms with van der Waals surface area (Å²) in [6.07, 6.45) is -6.44. The number of nitrogens with one attached hydrogen (secondary N) is 1. The van der Waals surface area contributed by atoms with E-state index >= 15 is 0 Å². The highest BCUT2D eigenvalue weighted by Gasteiger charge is 2.44. The molecule has 1 aliphatic rings. The van der Waals surface area contributed by atoms with Gasteiger partial charge in [0.25, 0.3) is 5.56 Å². The van der Waals surface area contributed by atoms with Crippen LogP contribution >= 0.6 is 7.82 Å². The number of aliphatic hydroxyl groups excluding tert-OH is 2. The molecule has 1 aliphatic heterocycles. The minimum absolute atomic E-state index is 0.683. The molecule has 0 saturated carbocycles. The number of ether oxygens (including phenoxy) is 1. The Hall–Kier alpha value is -1.33. The average molecular weight is 326 g/mol. The van der Waals surface area contributed by atoms with E-state index in [0.29, 0.717) is 4.57 Å². The zero-order chi connectivity index (χ0) is 17.6. The fourth-order valence-electron chi connectivity index (χ4n) is 1.73. The monoisotopic (exact) mass is 326 g/mol. The van der Waals surface area contributed by atoms with Crippen LogP contribution in [0.2, 0.25) is 0 Å². The molecule has 118 valence electrons. The molecule has 12 heteroatoms. The van der Waals surface area contributed by atoms with Crippen molar-refractivity contribution < 1.29 is 36.6 Å². The van der Waals surface area contributed by atoms with Crippen molar-refractivity contribution in [2.75, 3.05) is 6.56 Å². The van der Waals surface area contributed by atoms with Crippen LogP contribution in [0.3, 0.4) is 0 Å². The summed E-state index contributed by atoms with van der Waals surface area (Å²) in [5.74, 6) is 0. The zero-order valence-corrected chi connectivity index (χ0v) is 11.1. The molecule has 0 aromatic carbocycles. The Morgan fingerprint density at radius 3 is 2.67 bits per heavy atom. The van der Waals surface area contributed by atoms with Gasteiger partial charge >= 0.3 is 13.5 Å². The topological polar surface area (TPSA) is 171 Å². The lowest BCUT2D eigenvalue weighted by molar-refractivity contribution is -0.0543. The lowest BCUT2D eigenvalue weighted by Crippen LogP contribution is -2.37. The number of aromatic nitrogens is 2. The molecule has 2 rings (SSSR count). The van der Waals surface area contributed by atoms with Gasteiger partial charge in [-0.15, -0.1) is 0 Å². The number of hydrogen-bond acceptors (Lipinski definition) is 7. The van der Waals surface area contributed by atoms with E-state index in [4.69, 9.17) is 17.3 Å². The zero-order valence-electron chi connectivity index (χ0n) is 12.2. The van der Waals surface area contributed by atoms with Crippen molar-refractivity contribution in [1.82, 2.24) is 9.55 Å². The van der Waals surface area contributed by atoms with Gasteiger partial charge in [0.05, 0.1) is 9.30 Å². The molecule has 0 unspecified atom stereocenters. The van der Waals surface area contributed by atoms with Gasteiger partial charge in [0.2, 0.25) is 0 Å². The summed E-state index contributed by atoms with van der Waals surface area (Å²) < 4.78 is 35.3. The molecule has 1 saturated heterocycles. The van der Waals surface area contributed by atoms with E-state index in [1.807, 2.05) is 4.98 Å². The van der Waals surface area contributed by atoms with E-state index in [-0.39, 0.29) is 0 Å². The van der Waals surface area contributed by atoms with Crippen molar-refractivity contribution in [1.29, 1.82) is 0 Å². The lowest BCUT2D eigenvalue weighted by Gasteiger charge is -2.16. The summed E-state index contributed by atoms with van der Waals surface area (Å²) in [7, 11) is -5.26. The molecule has 1 aromatic heterocycles. The van der Waals surface area contributed by atoms with E-state index in [1.165, 1.54) is 0 Å². The van der Waals surface area contributed by atoms with Crippen LogP contribution in [0, 0.1) is 0 Å². The summed E-state index contributed by atoms with van der Waals surface area (Å²) in [5, 5.41) is 19.7. The third kappa shape index (κ3) is 3.66. The van der Waals surface area contributed by atoms with Gasteiger partial charge in [-0.2, -0.15) is 0 Å². The summed E-state index contributed by atoms with van der Waals surface area (Å²) in [6, 6.07) is 0.929. The molecule has 5 N–H and O–H groups in total. The fraction of sp³-hybridized carbons (Fsp3) is 0.556. The molecule has 0 amide bonds. The molecule has 0 bridgehead atoms. The molecule has 11 nitrogen and oxygen atoms in total. The molecule has 2 heterocycles. The first-order valence-corrected chi connectivity index (χ1v) is 7.05. The van der Waals surface area contributed by atoms with Gasteiger partial charge in [0.15, 0.2) is 6.23 Å². The maximum atomic E-state index is 11.6. The van der Waals surface area contributed by atoms with Crippen LogP contribution in [0.1, 0.15) is 8.97 Å². The van der Waals surface area contributed by atoms with Crippen molar-refractivity contribution in [2.45, 2.75) is 24.5 Å². The van der Waals surface area contributed by atoms with Crippen molar-refractivity contribution >= 4 is 7.82 Å². The number of aliphatic hydroxyl groups is 2. The van der Waals surface area contributed by atoms with Gasteiger partial charge in [0.1, 0.15) is 18.3 Å². The number of rotatable bonds is 4. The second kappa shape index (κ2) is 5.81. The van der Waals surface area contributed by atoms with Crippen molar-refractivity contribution in [3.05, 3.63) is 33.1 Å². The highest BCUT2D eigenvalue weighted by Crippen LogP contribution is 2.38. The van der Waals surface area contributed by atoms with Crippen LogP contribution in [0.25, 0.3) is 0 Å². The molecule has 0 radical (unpaired) electrons. The molecule has 1 aromatic rings. The van der Waals surface area contributed by atoms with Gasteiger partial charge in [-0.1, -0.05) is 0 Å². The molecule has 1 fully saturated rings. The summed E-state index contributed by atoms with van der Waals surface area (Å²) in [6.45, 7) is -3.17. The third-order valence-corrected chi connectivity index (χ3v) is 2.99. The van der Waals surface area contributed by atoms with E-state index < -0.39 is 50.2 Å². The van der Waals surface area contributed by atoms with E-state index in [9.17, 15) is 24.4 Å². The summed E-state index contributed by atoms with van der Waals surface area (Å²) >= 11 is 0. The molecule has 0 aliphatic carbocycles. The average Bonchev–Trinajstić information content (AvgIpc) is 2.65. The number of hydrogen-bond donors (Lipinski definition) is 5. The van der Waals surface area contributed by atoms with Crippen LogP contribution in [0.4, 0.5) is 0 Å². The summed E-state index contributed by atoms with van der Waals surface area (Å²) in [5.41, 5.74) is -1.72. The third-order valence-electron chi connectivity index (χ3n) is 2.65. The van der Waals surface area contributed by atoms with Crippen LogP contribution in [-0.2, 0) is 13.8 Å². The van der Waals surface area contributed by atoms with Crippen molar-refractivity contribution in [3.8, 4) is 0 Å². The SMILES string of the molecule is [2H]C([2H])(OP(=O)(O)O)[C@H]1O[C@@H](n2ccc(=O)[nH]c2=O)[C@H](O)[C@@H]1O. The molecule has 21 heavy (non-hydrogen) atoms. The van der Waals surface area contributed by atoms with E-state index in [2.05, 4.69) is 4.52 Å². The Balaban J connectivity index is 2.33. The van der Waals surface area contributed by atoms with E-state index in [1.54, 1.807) is 0 Å². The second-order valence-electron chi connectivity index (χ2n) is 4.15. The van der Waals surface area contributed by atoms with Gasteiger partial charge in [-0.05, 0) is 0 Å². The quantitative estimate of drug-likeness (QED) is 0.368. The first-order chi connectivity index (χ1) is 10.4. The van der Waals surface area contributed by atoms with Crippen LogP contribution in [0.5, 0.6) is 0 Å². The number of H-pyrrole nitrogens is 1. The minimum atomic E-state index is -5.26. The smallest absolute Gasteiger partial charge is 0.387 e. The Morgan fingerprint density at radius 1 is 1.43 bits per heavy atom. The van der Waals surface area contributed by atoms with Gasteiger partial charge in [-0.3, -0.25) is 18.9 Å². The largest absolute Gasteiger partial charge is 0.469 e. The first-order valence-electron chi connectivity index (χ1n) is 6.52. The lowest BCUT2D eigenvalue weighted by atomic mass is 10.1. The van der Waals surface area contributed by atoms with Gasteiger partial charge in [-0.25, -0.2) is 9.36 Å². The molecule has 4 atom stereocenters. The van der Waals surface area contributed by atoms with Crippen LogP contribution < -0.4 is 11.2 Å². The Kier molecular flexibility index (Phi) is 3.69. The number of phosphoric ester groups is 1. The highest BCUT2D eigenvalue weighted by atomic mass is 31.2. The molecular formula is C9H13N2O9P. The standard InChI is InChI=1S/C9H13N2O9P/c12-5-1-2-11(9(15)10-5)8-7(14)6(13)4(20-8)3-19-21(16,17)18/h1-2,4,6-8,13-14H,3H2,(H,10,12,15)(H2,16,17,18)/t4-,6-,7-,8-/m1/s1/i3D2. The number of phosphoric acid groups is 1. The van der Waals surface area contributed by atoms with Crippen molar-refractivity contribution in [2.24, 2.45) is 0 Å². The maximum Gasteiger partial charge on any atom is 0.469 e. The maximum absolute atomic E-state index is 11.6. The van der Waals surface area contributed by atoms with Crippen LogP contribution in [0.15, 0.2) is 21.9 Å². The van der Waals surface area contributed by atoms with Crippen LogP contribution in [-0.4, -0.2) is 54.4 Å². The molecule has 0 spiro atoms. The van der Waals surface area contributed by atoms with E-state index in [0.717, 1.165) is 12.3 Å².